The molecule has 0 unspecified atom stereocenters. The average Bonchev–Trinajstić information content (AvgIpc) is 1.94. The number of carbonyl (C=O) groups is 4. The maximum absolute atomic E-state index is 9.00. The van der Waals surface area contributed by atoms with Crippen LogP contribution in [0.4, 0.5) is 0 Å². The Hall–Kier alpha value is -0.681. The zero-order chi connectivity index (χ0) is 17.9. The predicted octanol–water partition coefficient (Wildman–Crippen LogP) is -1.04. The molecule has 0 aliphatic rings. The molecule has 0 atom stereocenters. The van der Waals surface area contributed by atoms with Gasteiger partial charge in [0.05, 0.1) is 0 Å². The number of hydrogen-bond acceptors (Lipinski definition) is 6. The summed E-state index contributed by atoms with van der Waals surface area (Å²) >= 11 is 0. The van der Waals surface area contributed by atoms with Gasteiger partial charge in [-0.2, -0.15) is 0 Å². The number of aliphatic carboxylic acids is 4. The van der Waals surface area contributed by atoms with Crippen LogP contribution in [0.15, 0.2) is 0 Å². The zero-order valence-electron chi connectivity index (χ0n) is 12.5. The van der Waals surface area contributed by atoms with Gasteiger partial charge in [0, 0.05) is 50.9 Å². The number of nitrogens with two attached hydrogens (primary N) is 2. The van der Waals surface area contributed by atoms with Crippen molar-refractivity contribution in [3.8, 4) is 0 Å². The Kier molecular flexibility index (Phi) is 72.2. The molecule has 0 aliphatic carbocycles. The van der Waals surface area contributed by atoms with Crippen LogP contribution in [0.3, 0.4) is 0 Å². The first kappa shape index (κ1) is 42.9. The summed E-state index contributed by atoms with van der Waals surface area (Å²) < 4.78 is 0. The van der Waals surface area contributed by atoms with Crippen LogP contribution < -0.4 is 11.5 Å². The zero-order valence-corrected chi connectivity index (χ0v) is 13.6. The molecule has 0 fully saturated rings. The van der Waals surface area contributed by atoms with E-state index in [1.165, 1.54) is 0 Å². The Morgan fingerprint density at radius 3 is 0.682 bits per heavy atom. The topological polar surface area (TPSA) is 201 Å². The summed E-state index contributed by atoms with van der Waals surface area (Å²) in [6.07, 6.45) is -0.167. The van der Waals surface area contributed by atoms with Crippen molar-refractivity contribution < 1.29 is 56.7 Å². The molecule has 10 nitrogen and oxygen atoms in total. The van der Waals surface area contributed by atoms with E-state index in [0.717, 1.165) is 27.7 Å². The molecular formula is C10H25FeN2NaO8. The molecule has 22 heavy (non-hydrogen) atoms. The van der Waals surface area contributed by atoms with Crippen molar-refractivity contribution in [1.29, 1.82) is 0 Å². The summed E-state index contributed by atoms with van der Waals surface area (Å²) in [4.78, 5) is 36.0. The van der Waals surface area contributed by atoms with Gasteiger partial charge in [-0.05, 0) is 6.92 Å². The van der Waals surface area contributed by atoms with E-state index in [2.05, 4.69) is 0 Å². The minimum atomic E-state index is -0.833. The second-order valence-electron chi connectivity index (χ2n) is 2.94. The molecule has 0 aromatic rings. The molecule has 0 rings (SSSR count). The summed E-state index contributed by atoms with van der Waals surface area (Å²) in [6.45, 7) is 6.06. The van der Waals surface area contributed by atoms with Crippen molar-refractivity contribution in [2.45, 2.75) is 40.8 Å². The van der Waals surface area contributed by atoms with E-state index in [9.17, 15) is 0 Å². The van der Waals surface area contributed by atoms with Crippen molar-refractivity contribution in [2.75, 3.05) is 0 Å². The number of hydrogen-bond donors (Lipinski definition) is 6. The molecule has 8 N–H and O–H groups in total. The molecule has 0 spiro atoms. The fourth-order valence-corrected chi connectivity index (χ4v) is 0. The van der Waals surface area contributed by atoms with Gasteiger partial charge in [-0.25, -0.2) is 0 Å². The molecule has 0 radical (unpaired) electrons. The Balaban J connectivity index is -0.0000000250. The first-order valence-electron chi connectivity index (χ1n) is 4.95. The molecule has 0 heterocycles. The normalized spacial score (nSPS) is 6.18. The quantitative estimate of drug-likeness (QED) is 0.223. The van der Waals surface area contributed by atoms with Crippen LogP contribution in [0.2, 0.25) is 0 Å². The fraction of sp³-hybridized carbons (Fsp3) is 0.600. The van der Waals surface area contributed by atoms with Crippen LogP contribution in [-0.2, 0) is 36.2 Å². The van der Waals surface area contributed by atoms with Crippen LogP contribution in [0.5, 0.6) is 0 Å². The second kappa shape index (κ2) is 37.0. The van der Waals surface area contributed by atoms with Gasteiger partial charge in [-0.1, -0.05) is 0 Å². The van der Waals surface area contributed by atoms with Crippen molar-refractivity contribution in [3.63, 3.8) is 0 Å². The van der Waals surface area contributed by atoms with E-state index < -0.39 is 23.9 Å². The summed E-state index contributed by atoms with van der Waals surface area (Å²) in [5.41, 5.74) is 9.78. The van der Waals surface area contributed by atoms with Gasteiger partial charge in [-0.3, -0.25) is 19.2 Å². The van der Waals surface area contributed by atoms with Gasteiger partial charge in [0.25, 0.3) is 23.9 Å². The molecule has 0 saturated heterocycles. The van der Waals surface area contributed by atoms with Crippen molar-refractivity contribution in [3.05, 3.63) is 0 Å². The Morgan fingerprint density at radius 1 is 0.682 bits per heavy atom. The van der Waals surface area contributed by atoms with E-state index in [4.69, 9.17) is 51.1 Å². The second-order valence-corrected chi connectivity index (χ2v) is 2.94. The third-order valence-electron chi connectivity index (χ3n) is 0. The molecule has 0 amide bonds. The van der Waals surface area contributed by atoms with E-state index in [1.54, 1.807) is 6.92 Å². The number of carboxylic acids is 4. The fourth-order valence-electron chi connectivity index (χ4n) is 0. The van der Waals surface area contributed by atoms with Gasteiger partial charge in [0.1, 0.15) is 0 Å². The third kappa shape index (κ3) is 14000. The van der Waals surface area contributed by atoms with Crippen molar-refractivity contribution in [1.82, 2.24) is 0 Å². The van der Waals surface area contributed by atoms with Gasteiger partial charge < -0.3 is 31.9 Å². The molecule has 0 bridgehead atoms. The SMILES string of the molecule is CC(=O)O.CC(=O)O.CC(=O)O.CC(=O)O.CC(N)N.[Fe].[NaH]. The van der Waals surface area contributed by atoms with Crippen LogP contribution in [-0.4, -0.2) is 80.0 Å². The summed E-state index contributed by atoms with van der Waals surface area (Å²) in [5, 5.41) is 29.7. The minimum absolute atomic E-state index is 0. The van der Waals surface area contributed by atoms with Gasteiger partial charge >= 0.3 is 29.6 Å². The molecule has 12 heteroatoms. The summed E-state index contributed by atoms with van der Waals surface area (Å²) in [6, 6.07) is 0. The van der Waals surface area contributed by atoms with Crippen LogP contribution in [0, 0.1) is 0 Å². The first-order valence-corrected chi connectivity index (χ1v) is 4.95. The Bertz CT molecular complexity index is 211. The first-order chi connectivity index (χ1) is 8.66. The monoisotopic (exact) mass is 380 g/mol. The number of carboxylic acid groups (broad SMARTS) is 4. The van der Waals surface area contributed by atoms with Crippen LogP contribution in [0.25, 0.3) is 0 Å². The van der Waals surface area contributed by atoms with Gasteiger partial charge in [-0.15, -0.1) is 0 Å². The van der Waals surface area contributed by atoms with Crippen molar-refractivity contribution >= 4 is 53.4 Å². The van der Waals surface area contributed by atoms with Crippen LogP contribution in [0.1, 0.15) is 34.6 Å². The van der Waals surface area contributed by atoms with Gasteiger partial charge in [0.2, 0.25) is 0 Å². The molecule has 0 aromatic carbocycles. The molecular weight excluding hydrogens is 355 g/mol. The third-order valence-corrected chi connectivity index (χ3v) is 0. The van der Waals surface area contributed by atoms with Crippen LogP contribution >= 0.6 is 0 Å². The molecule has 0 aliphatic heterocycles. The number of rotatable bonds is 0. The van der Waals surface area contributed by atoms with E-state index in [1.807, 2.05) is 0 Å². The predicted molar refractivity (Wildman–Crippen MR) is 78.2 cm³/mol. The molecule has 0 saturated carbocycles. The maximum atomic E-state index is 9.00. The van der Waals surface area contributed by atoms with Crippen molar-refractivity contribution in [2.24, 2.45) is 11.5 Å². The average molecular weight is 380 g/mol. The van der Waals surface area contributed by atoms with E-state index in [0.29, 0.717) is 0 Å². The Labute approximate surface area is 162 Å². The van der Waals surface area contributed by atoms with E-state index >= 15 is 0 Å². The molecule has 0 aromatic heterocycles. The van der Waals surface area contributed by atoms with E-state index in [-0.39, 0.29) is 52.8 Å². The summed E-state index contributed by atoms with van der Waals surface area (Å²) in [5.74, 6) is -3.33. The standard InChI is InChI=1S/C2H8N2.4C2H4O2.Fe.Na.H/c5*1-2(3)4;;;/h2H,3-4H2,1H3;4*1H3,(H,3,4);;;. The molecule has 132 valence electrons. The Morgan fingerprint density at radius 2 is 0.682 bits per heavy atom. The summed E-state index contributed by atoms with van der Waals surface area (Å²) in [7, 11) is 0. The van der Waals surface area contributed by atoms with Gasteiger partial charge in [0.15, 0.2) is 0 Å².